The summed E-state index contributed by atoms with van der Waals surface area (Å²) in [5.41, 5.74) is 1.38. The minimum atomic E-state index is -0.879. The Hall–Kier alpha value is -1.91. The zero-order chi connectivity index (χ0) is 13.1. The van der Waals surface area contributed by atoms with Crippen LogP contribution in [0.5, 0.6) is 0 Å². The van der Waals surface area contributed by atoms with Crippen molar-refractivity contribution in [3.8, 4) is 0 Å². The maximum absolute atomic E-state index is 12.1. The zero-order valence-corrected chi connectivity index (χ0v) is 10.2. The quantitative estimate of drug-likeness (QED) is 0.855. The highest BCUT2D eigenvalue weighted by Crippen LogP contribution is 2.33. The molecule has 1 aliphatic rings. The number of hydrogen-bond donors (Lipinski definition) is 2. The van der Waals surface area contributed by atoms with Crippen molar-refractivity contribution >= 4 is 17.6 Å². The fraction of sp³-hybridized carbons (Fsp3) is 0.462. The lowest BCUT2D eigenvalue weighted by atomic mass is 9.95. The molecule has 5 heteroatoms. The molecule has 1 amide bonds. The lowest BCUT2D eigenvalue weighted by Crippen LogP contribution is -2.30. The fourth-order valence-electron chi connectivity index (χ4n) is 2.41. The molecule has 18 heavy (non-hydrogen) atoms. The van der Waals surface area contributed by atoms with Crippen molar-refractivity contribution in [2.24, 2.45) is 11.8 Å². The second-order valence-electron chi connectivity index (χ2n) is 4.61. The third-order valence-corrected chi connectivity index (χ3v) is 3.43. The van der Waals surface area contributed by atoms with E-state index >= 15 is 0 Å². The molecule has 2 N–H and O–H groups in total. The normalized spacial score (nSPS) is 22.7. The maximum Gasteiger partial charge on any atom is 0.307 e. The minimum Gasteiger partial charge on any atom is -0.481 e. The Labute approximate surface area is 105 Å². The molecule has 5 nitrogen and oxygen atoms in total. The molecule has 1 fully saturated rings. The third-order valence-electron chi connectivity index (χ3n) is 3.43. The van der Waals surface area contributed by atoms with Crippen LogP contribution in [0.2, 0.25) is 0 Å². The van der Waals surface area contributed by atoms with Crippen LogP contribution in [0.1, 0.15) is 25.0 Å². The van der Waals surface area contributed by atoms with Gasteiger partial charge < -0.3 is 10.4 Å². The molecule has 0 spiro atoms. The molecule has 1 aromatic heterocycles. The lowest BCUT2D eigenvalue weighted by Gasteiger charge is -2.16. The first-order chi connectivity index (χ1) is 8.59. The molecule has 2 rings (SSSR count). The number of carbonyl (C=O) groups is 2. The number of rotatable bonds is 3. The Morgan fingerprint density at radius 2 is 2.11 bits per heavy atom. The smallest absolute Gasteiger partial charge is 0.307 e. The Morgan fingerprint density at radius 1 is 1.39 bits per heavy atom. The molecule has 1 aromatic rings. The summed E-state index contributed by atoms with van der Waals surface area (Å²) in [6.45, 7) is 1.80. The molecule has 96 valence electrons. The van der Waals surface area contributed by atoms with Crippen LogP contribution in [0, 0.1) is 18.8 Å². The molecule has 2 unspecified atom stereocenters. The number of carboxylic acids is 1. The number of aromatic nitrogens is 1. The van der Waals surface area contributed by atoms with Crippen molar-refractivity contribution in [2.75, 3.05) is 5.32 Å². The first-order valence-corrected chi connectivity index (χ1v) is 6.05. The predicted molar refractivity (Wildman–Crippen MR) is 66.1 cm³/mol. The van der Waals surface area contributed by atoms with Crippen molar-refractivity contribution < 1.29 is 14.7 Å². The van der Waals surface area contributed by atoms with Gasteiger partial charge in [-0.05, 0) is 31.9 Å². The predicted octanol–water partition coefficient (Wildman–Crippen LogP) is 1.83. The summed E-state index contributed by atoms with van der Waals surface area (Å²) in [7, 11) is 0. The number of pyridine rings is 1. The van der Waals surface area contributed by atoms with E-state index in [4.69, 9.17) is 5.11 Å². The summed E-state index contributed by atoms with van der Waals surface area (Å²) < 4.78 is 0. The van der Waals surface area contributed by atoms with Crippen LogP contribution in [-0.4, -0.2) is 22.0 Å². The van der Waals surface area contributed by atoms with Gasteiger partial charge in [0, 0.05) is 6.20 Å². The van der Waals surface area contributed by atoms with E-state index in [1.165, 1.54) is 0 Å². The zero-order valence-electron chi connectivity index (χ0n) is 10.2. The standard InChI is InChI=1S/C13H16N2O3/c1-8-11(6-3-7-14-8)15-12(16)9-4-2-5-10(9)13(17)18/h3,6-7,9-10H,2,4-5H2,1H3,(H,15,16)(H,17,18). The highest BCUT2D eigenvalue weighted by Gasteiger charge is 2.37. The van der Waals surface area contributed by atoms with Crippen LogP contribution < -0.4 is 5.32 Å². The first-order valence-electron chi connectivity index (χ1n) is 6.05. The van der Waals surface area contributed by atoms with Gasteiger partial charge in [0.2, 0.25) is 5.91 Å². The molecule has 0 saturated heterocycles. The summed E-state index contributed by atoms with van der Waals surface area (Å²) >= 11 is 0. The summed E-state index contributed by atoms with van der Waals surface area (Å²) in [6.07, 6.45) is 3.67. The monoisotopic (exact) mass is 248 g/mol. The van der Waals surface area contributed by atoms with Gasteiger partial charge in [-0.25, -0.2) is 0 Å². The van der Waals surface area contributed by atoms with Gasteiger partial charge in [-0.15, -0.1) is 0 Å². The van der Waals surface area contributed by atoms with E-state index in [0.717, 1.165) is 12.1 Å². The van der Waals surface area contributed by atoms with Gasteiger partial charge in [0.15, 0.2) is 0 Å². The Balaban J connectivity index is 2.08. The molecule has 0 aliphatic heterocycles. The number of anilines is 1. The van der Waals surface area contributed by atoms with Crippen molar-refractivity contribution in [2.45, 2.75) is 26.2 Å². The first kappa shape index (κ1) is 12.5. The van der Waals surface area contributed by atoms with Crippen molar-refractivity contribution in [3.63, 3.8) is 0 Å². The van der Waals surface area contributed by atoms with Crippen LogP contribution in [0.4, 0.5) is 5.69 Å². The summed E-state index contributed by atoms with van der Waals surface area (Å²) in [5.74, 6) is -2.07. The molecule has 1 heterocycles. The van der Waals surface area contributed by atoms with E-state index in [2.05, 4.69) is 10.3 Å². The average molecular weight is 248 g/mol. The largest absolute Gasteiger partial charge is 0.481 e. The number of carbonyl (C=O) groups excluding carboxylic acids is 1. The molecular weight excluding hydrogens is 232 g/mol. The number of carboxylic acid groups (broad SMARTS) is 1. The Bertz CT molecular complexity index is 473. The van der Waals surface area contributed by atoms with Crippen LogP contribution in [0.25, 0.3) is 0 Å². The van der Waals surface area contributed by atoms with E-state index in [1.54, 1.807) is 25.3 Å². The van der Waals surface area contributed by atoms with E-state index in [9.17, 15) is 9.59 Å². The van der Waals surface area contributed by atoms with Gasteiger partial charge in [-0.2, -0.15) is 0 Å². The summed E-state index contributed by atoms with van der Waals surface area (Å²) in [6, 6.07) is 3.51. The van der Waals surface area contributed by atoms with Crippen molar-refractivity contribution in [1.82, 2.24) is 4.98 Å². The van der Waals surface area contributed by atoms with E-state index in [1.807, 2.05) is 0 Å². The highest BCUT2D eigenvalue weighted by atomic mass is 16.4. The van der Waals surface area contributed by atoms with Gasteiger partial charge in [0.25, 0.3) is 0 Å². The second-order valence-corrected chi connectivity index (χ2v) is 4.61. The van der Waals surface area contributed by atoms with E-state index in [-0.39, 0.29) is 5.91 Å². The molecule has 1 aliphatic carbocycles. The number of amides is 1. The number of nitrogens with one attached hydrogen (secondary N) is 1. The van der Waals surface area contributed by atoms with E-state index < -0.39 is 17.8 Å². The lowest BCUT2D eigenvalue weighted by molar-refractivity contribution is -0.145. The van der Waals surface area contributed by atoms with E-state index in [0.29, 0.717) is 18.5 Å². The molecule has 0 aromatic carbocycles. The van der Waals surface area contributed by atoms with Gasteiger partial charge >= 0.3 is 5.97 Å². The topological polar surface area (TPSA) is 79.3 Å². The number of hydrogen-bond acceptors (Lipinski definition) is 3. The van der Waals surface area contributed by atoms with Gasteiger partial charge in [-0.3, -0.25) is 14.6 Å². The summed E-state index contributed by atoms with van der Waals surface area (Å²) in [4.78, 5) is 27.2. The van der Waals surface area contributed by atoms with Crippen LogP contribution in [0.15, 0.2) is 18.3 Å². The van der Waals surface area contributed by atoms with Crippen LogP contribution >= 0.6 is 0 Å². The van der Waals surface area contributed by atoms with Gasteiger partial charge in [0.05, 0.1) is 23.2 Å². The van der Waals surface area contributed by atoms with Crippen LogP contribution in [0.3, 0.4) is 0 Å². The minimum absolute atomic E-state index is 0.212. The summed E-state index contributed by atoms with van der Waals surface area (Å²) in [5, 5.41) is 11.8. The highest BCUT2D eigenvalue weighted by molar-refractivity contribution is 5.95. The van der Waals surface area contributed by atoms with Gasteiger partial charge in [-0.1, -0.05) is 6.42 Å². The third kappa shape index (κ3) is 2.50. The number of nitrogens with zero attached hydrogens (tertiary/aromatic N) is 1. The van der Waals surface area contributed by atoms with Crippen LogP contribution in [-0.2, 0) is 9.59 Å². The average Bonchev–Trinajstić information content (AvgIpc) is 2.81. The second kappa shape index (κ2) is 5.16. The molecule has 1 saturated carbocycles. The molecule has 2 atom stereocenters. The van der Waals surface area contributed by atoms with Crippen molar-refractivity contribution in [3.05, 3.63) is 24.0 Å². The van der Waals surface area contributed by atoms with Crippen molar-refractivity contribution in [1.29, 1.82) is 0 Å². The fourth-order valence-corrected chi connectivity index (χ4v) is 2.41. The maximum atomic E-state index is 12.1. The number of aliphatic carboxylic acids is 1. The molecular formula is C13H16N2O3. The Morgan fingerprint density at radius 3 is 2.78 bits per heavy atom. The Kier molecular flexibility index (Phi) is 3.60. The molecule has 0 bridgehead atoms. The number of aryl methyl sites for hydroxylation is 1. The SMILES string of the molecule is Cc1ncccc1NC(=O)C1CCCC1C(=O)O. The van der Waals surface area contributed by atoms with Gasteiger partial charge in [0.1, 0.15) is 0 Å². The molecule has 0 radical (unpaired) electrons.